The van der Waals surface area contributed by atoms with Crippen molar-refractivity contribution in [2.24, 2.45) is 0 Å². The van der Waals surface area contributed by atoms with Gasteiger partial charge in [-0.25, -0.2) is 4.98 Å². The number of nitrogens with zero attached hydrogens (tertiary/aromatic N) is 1. The number of aromatic nitrogens is 1. The van der Waals surface area contributed by atoms with Gasteiger partial charge in [-0.2, -0.15) is 0 Å². The molecule has 0 aliphatic heterocycles. The number of allylic oxidation sites excluding steroid dienone is 1. The first-order valence-electron chi connectivity index (χ1n) is 8.04. The van der Waals surface area contributed by atoms with Crippen LogP contribution in [0.3, 0.4) is 0 Å². The van der Waals surface area contributed by atoms with Crippen LogP contribution in [0.15, 0.2) is 89.7 Å². The predicted octanol–water partition coefficient (Wildman–Crippen LogP) is 5.75. The third-order valence-electron chi connectivity index (χ3n) is 4.11. The summed E-state index contributed by atoms with van der Waals surface area (Å²) in [6, 6.07) is 22.8. The van der Waals surface area contributed by atoms with Crippen LogP contribution >= 0.6 is 0 Å². The first-order chi connectivity index (χ1) is 11.9. The quantitative estimate of drug-likeness (QED) is 0.447. The molecule has 0 saturated carbocycles. The standard InChI is InChI=1S/C13H10.C9H7NO/c1-4-10-6-2-8-12-9-3-7-11(5-1)13(10)12;1-2-4-8(5-3-1)9-10-6-7-11-9/h1-8H,9H2;1-7H. The van der Waals surface area contributed by atoms with E-state index in [1.54, 1.807) is 12.5 Å². The second kappa shape index (κ2) is 6.55. The molecule has 1 aliphatic rings. The van der Waals surface area contributed by atoms with E-state index in [0.717, 1.165) is 12.0 Å². The molecule has 0 radical (unpaired) electrons. The summed E-state index contributed by atoms with van der Waals surface area (Å²) in [5, 5.41) is 2.80. The Labute approximate surface area is 141 Å². The van der Waals surface area contributed by atoms with Crippen molar-refractivity contribution < 1.29 is 4.42 Å². The van der Waals surface area contributed by atoms with Crippen LogP contribution in [0, 0.1) is 0 Å². The van der Waals surface area contributed by atoms with Crippen LogP contribution in [0.2, 0.25) is 0 Å². The van der Waals surface area contributed by atoms with Gasteiger partial charge in [0.2, 0.25) is 5.89 Å². The van der Waals surface area contributed by atoms with Gasteiger partial charge < -0.3 is 4.42 Å². The number of hydrogen-bond acceptors (Lipinski definition) is 2. The van der Waals surface area contributed by atoms with Crippen molar-refractivity contribution in [2.75, 3.05) is 0 Å². The molecule has 0 N–H and O–H groups in total. The van der Waals surface area contributed by atoms with Crippen molar-refractivity contribution >= 4 is 16.8 Å². The highest BCUT2D eigenvalue weighted by Gasteiger charge is 2.06. The van der Waals surface area contributed by atoms with Gasteiger partial charge in [0, 0.05) is 5.56 Å². The second-order valence-electron chi connectivity index (χ2n) is 5.67. The minimum absolute atomic E-state index is 0.672. The Morgan fingerprint density at radius 3 is 2.46 bits per heavy atom. The summed E-state index contributed by atoms with van der Waals surface area (Å²) in [5.74, 6) is 0.672. The highest BCUT2D eigenvalue weighted by molar-refractivity contribution is 5.94. The van der Waals surface area contributed by atoms with E-state index in [4.69, 9.17) is 4.42 Å². The molecule has 24 heavy (non-hydrogen) atoms. The maximum absolute atomic E-state index is 5.11. The molecular weight excluding hydrogens is 294 g/mol. The van der Waals surface area contributed by atoms with Gasteiger partial charge >= 0.3 is 0 Å². The van der Waals surface area contributed by atoms with E-state index in [1.165, 1.54) is 21.9 Å². The van der Waals surface area contributed by atoms with Crippen LogP contribution < -0.4 is 0 Å². The maximum atomic E-state index is 5.11. The fraction of sp³-hybridized carbons (Fsp3) is 0.0455. The van der Waals surface area contributed by atoms with Crippen molar-refractivity contribution in [1.29, 1.82) is 0 Å². The van der Waals surface area contributed by atoms with Crippen LogP contribution in [-0.4, -0.2) is 4.98 Å². The number of rotatable bonds is 1. The monoisotopic (exact) mass is 311 g/mol. The Kier molecular flexibility index (Phi) is 3.95. The molecule has 3 aromatic carbocycles. The summed E-state index contributed by atoms with van der Waals surface area (Å²) in [4.78, 5) is 4.02. The SMILES string of the molecule is C1=Cc2cccc3cccc(c23)C1.c1ccc(-c2ncco2)cc1. The number of benzene rings is 3. The van der Waals surface area contributed by atoms with Gasteiger partial charge in [-0.1, -0.05) is 66.7 Å². The van der Waals surface area contributed by atoms with E-state index in [-0.39, 0.29) is 0 Å². The van der Waals surface area contributed by atoms with Crippen LogP contribution in [0.5, 0.6) is 0 Å². The van der Waals surface area contributed by atoms with Crippen LogP contribution in [0.1, 0.15) is 11.1 Å². The molecule has 0 fully saturated rings. The highest BCUT2D eigenvalue weighted by atomic mass is 16.3. The van der Waals surface area contributed by atoms with E-state index >= 15 is 0 Å². The van der Waals surface area contributed by atoms with Crippen LogP contribution in [-0.2, 0) is 6.42 Å². The summed E-state index contributed by atoms with van der Waals surface area (Å²) in [5.41, 5.74) is 3.83. The van der Waals surface area contributed by atoms with Crippen LogP contribution in [0.4, 0.5) is 0 Å². The zero-order valence-electron chi connectivity index (χ0n) is 13.2. The van der Waals surface area contributed by atoms with Gasteiger partial charge in [-0.05, 0) is 40.5 Å². The zero-order valence-corrected chi connectivity index (χ0v) is 13.2. The fourth-order valence-corrected chi connectivity index (χ4v) is 3.02. The molecule has 4 aromatic rings. The molecule has 5 rings (SSSR count). The Balaban J connectivity index is 0.000000123. The summed E-state index contributed by atoms with van der Waals surface area (Å²) in [7, 11) is 0. The second-order valence-corrected chi connectivity index (χ2v) is 5.67. The largest absolute Gasteiger partial charge is 0.445 e. The molecule has 0 unspecified atom stereocenters. The highest BCUT2D eigenvalue weighted by Crippen LogP contribution is 2.27. The molecule has 0 bridgehead atoms. The van der Waals surface area contributed by atoms with Crippen molar-refractivity contribution in [1.82, 2.24) is 4.98 Å². The van der Waals surface area contributed by atoms with E-state index in [0.29, 0.717) is 5.89 Å². The van der Waals surface area contributed by atoms with E-state index in [2.05, 4.69) is 53.5 Å². The van der Waals surface area contributed by atoms with Crippen molar-refractivity contribution in [3.63, 3.8) is 0 Å². The average molecular weight is 311 g/mol. The van der Waals surface area contributed by atoms with Gasteiger partial charge in [0.25, 0.3) is 0 Å². The lowest BCUT2D eigenvalue weighted by molar-refractivity contribution is 0.574. The molecule has 2 heteroatoms. The first kappa shape index (κ1) is 14.5. The first-order valence-corrected chi connectivity index (χ1v) is 8.04. The summed E-state index contributed by atoms with van der Waals surface area (Å²) in [6.45, 7) is 0. The molecule has 0 spiro atoms. The van der Waals surface area contributed by atoms with Gasteiger partial charge in [0.15, 0.2) is 0 Å². The molecule has 2 nitrogen and oxygen atoms in total. The molecule has 116 valence electrons. The van der Waals surface area contributed by atoms with E-state index in [9.17, 15) is 0 Å². The van der Waals surface area contributed by atoms with Crippen molar-refractivity contribution in [2.45, 2.75) is 6.42 Å². The summed E-state index contributed by atoms with van der Waals surface area (Å²) >= 11 is 0. The fourth-order valence-electron chi connectivity index (χ4n) is 3.02. The smallest absolute Gasteiger partial charge is 0.225 e. The third kappa shape index (κ3) is 2.86. The Hall–Kier alpha value is -3.13. The van der Waals surface area contributed by atoms with Crippen molar-refractivity contribution in [3.05, 3.63) is 96.4 Å². The van der Waals surface area contributed by atoms with Gasteiger partial charge in [0.1, 0.15) is 6.26 Å². The summed E-state index contributed by atoms with van der Waals surface area (Å²) < 4.78 is 5.11. The minimum Gasteiger partial charge on any atom is -0.445 e. The Morgan fingerprint density at radius 1 is 0.833 bits per heavy atom. The summed E-state index contributed by atoms with van der Waals surface area (Å²) in [6.07, 6.45) is 8.74. The molecule has 0 saturated heterocycles. The normalized spacial score (nSPS) is 11.8. The lowest BCUT2D eigenvalue weighted by Gasteiger charge is -2.11. The lowest BCUT2D eigenvalue weighted by atomic mass is 9.93. The molecule has 1 aromatic heterocycles. The predicted molar refractivity (Wildman–Crippen MR) is 98.6 cm³/mol. The molecular formula is C22H17NO. The molecule has 0 atom stereocenters. The third-order valence-corrected chi connectivity index (χ3v) is 4.11. The van der Waals surface area contributed by atoms with Gasteiger partial charge in [-0.3, -0.25) is 0 Å². The molecule has 0 amide bonds. The number of oxazole rings is 1. The van der Waals surface area contributed by atoms with Crippen molar-refractivity contribution in [3.8, 4) is 11.5 Å². The maximum Gasteiger partial charge on any atom is 0.225 e. The topological polar surface area (TPSA) is 26.0 Å². The van der Waals surface area contributed by atoms with E-state index < -0.39 is 0 Å². The molecule has 1 aliphatic carbocycles. The van der Waals surface area contributed by atoms with Gasteiger partial charge in [-0.15, -0.1) is 0 Å². The number of hydrogen-bond donors (Lipinski definition) is 0. The van der Waals surface area contributed by atoms with E-state index in [1.807, 2.05) is 30.3 Å². The average Bonchev–Trinajstić information content (AvgIpc) is 3.19. The Bertz CT molecular complexity index is 964. The molecule has 1 heterocycles. The van der Waals surface area contributed by atoms with Gasteiger partial charge in [0.05, 0.1) is 6.20 Å². The lowest BCUT2D eigenvalue weighted by Crippen LogP contribution is -1.91. The van der Waals surface area contributed by atoms with Crippen LogP contribution in [0.25, 0.3) is 28.3 Å². The zero-order chi connectivity index (χ0) is 16.2. The Morgan fingerprint density at radius 2 is 1.67 bits per heavy atom. The minimum atomic E-state index is 0.672.